The fourth-order valence-electron chi connectivity index (χ4n) is 5.27. The van der Waals surface area contributed by atoms with E-state index in [1.165, 1.54) is 12.1 Å². The molecule has 2 fully saturated rings. The van der Waals surface area contributed by atoms with Gasteiger partial charge in [-0.1, -0.05) is 18.2 Å². The van der Waals surface area contributed by atoms with Crippen LogP contribution in [0.25, 0.3) is 11.3 Å². The number of hydrogen-bond donors (Lipinski definition) is 0. The first-order valence-electron chi connectivity index (χ1n) is 12.3. The quantitative estimate of drug-likeness (QED) is 0.443. The van der Waals surface area contributed by atoms with Gasteiger partial charge in [0.1, 0.15) is 5.75 Å². The molecular weight excluding hydrogens is 485 g/mol. The molecule has 2 aromatic carbocycles. The maximum atomic E-state index is 13.6. The van der Waals surface area contributed by atoms with E-state index in [-0.39, 0.29) is 11.6 Å². The van der Waals surface area contributed by atoms with Gasteiger partial charge in [-0.15, -0.1) is 0 Å². The average Bonchev–Trinajstić information content (AvgIpc) is 3.57. The molecule has 1 atom stereocenters. The van der Waals surface area contributed by atoms with Crippen LogP contribution in [-0.2, 0) is 6.18 Å². The molecule has 0 bridgehead atoms. The molecule has 7 nitrogen and oxygen atoms in total. The van der Waals surface area contributed by atoms with E-state index in [0.717, 1.165) is 17.3 Å². The predicted molar refractivity (Wildman–Crippen MR) is 133 cm³/mol. The zero-order valence-corrected chi connectivity index (χ0v) is 20.8. The maximum absolute atomic E-state index is 13.6. The zero-order valence-electron chi connectivity index (χ0n) is 20.8. The van der Waals surface area contributed by atoms with Gasteiger partial charge in [0.25, 0.3) is 0 Å². The van der Waals surface area contributed by atoms with Crippen molar-refractivity contribution in [3.63, 3.8) is 0 Å². The fraction of sp³-hybridized carbons (Fsp3) is 0.407. The van der Waals surface area contributed by atoms with Crippen molar-refractivity contribution in [3.05, 3.63) is 65.7 Å². The fourth-order valence-corrected chi connectivity index (χ4v) is 5.27. The number of methoxy groups -OCH3 is 1. The molecule has 2 aliphatic rings. The highest BCUT2D eigenvalue weighted by atomic mass is 19.4. The lowest BCUT2D eigenvalue weighted by molar-refractivity contribution is -0.138. The molecule has 2 amide bonds. The summed E-state index contributed by atoms with van der Waals surface area (Å²) in [6.45, 7) is 4.41. The van der Waals surface area contributed by atoms with E-state index in [1.54, 1.807) is 36.1 Å². The molecule has 3 heterocycles. The number of benzene rings is 2. The first-order valence-corrected chi connectivity index (χ1v) is 12.3. The van der Waals surface area contributed by atoms with E-state index in [0.29, 0.717) is 63.0 Å². The van der Waals surface area contributed by atoms with Crippen molar-refractivity contribution in [1.29, 1.82) is 0 Å². The van der Waals surface area contributed by atoms with Gasteiger partial charge in [-0.3, -0.25) is 0 Å². The summed E-state index contributed by atoms with van der Waals surface area (Å²) >= 11 is 0. The number of halogens is 3. The third kappa shape index (κ3) is 4.97. The van der Waals surface area contributed by atoms with E-state index in [1.807, 2.05) is 18.2 Å². The summed E-state index contributed by atoms with van der Waals surface area (Å²) < 4.78 is 52.1. The Bertz CT molecular complexity index is 1270. The van der Waals surface area contributed by atoms with Crippen LogP contribution in [0.5, 0.6) is 5.75 Å². The summed E-state index contributed by atoms with van der Waals surface area (Å²) in [5.41, 5.74) is 1.28. The van der Waals surface area contributed by atoms with E-state index >= 15 is 0 Å². The van der Waals surface area contributed by atoms with Crippen LogP contribution in [0.15, 0.2) is 53.1 Å². The van der Waals surface area contributed by atoms with Gasteiger partial charge in [0.15, 0.2) is 11.7 Å². The highest BCUT2D eigenvalue weighted by molar-refractivity contribution is 5.76. The Morgan fingerprint density at radius 2 is 1.84 bits per heavy atom. The molecule has 2 saturated heterocycles. The number of amides is 2. The second-order valence-electron chi connectivity index (χ2n) is 9.32. The summed E-state index contributed by atoms with van der Waals surface area (Å²) in [5.74, 6) is 1.86. The van der Waals surface area contributed by atoms with Crippen LogP contribution in [0.4, 0.5) is 23.7 Å². The van der Waals surface area contributed by atoms with Gasteiger partial charge < -0.3 is 23.9 Å². The summed E-state index contributed by atoms with van der Waals surface area (Å²) in [7, 11) is 1.60. The number of anilines is 1. The van der Waals surface area contributed by atoms with Gasteiger partial charge in [-0.05, 0) is 36.6 Å². The molecule has 5 rings (SSSR count). The molecule has 0 N–H and O–H groups in total. The number of aromatic nitrogens is 1. The standard InChI is InChI=1S/C27H29F3N4O3/c1-18-31-17-25(37-18)21-10-9-19(16-24(21)36-2)32-12-14-33(15-13-32)26(35)34-11-5-8-23(34)20-6-3-4-7-22(20)27(28,29)30/h3-4,6-7,9-10,16-17,23H,5,8,11-15H2,1-2H3. The van der Waals surface area contributed by atoms with Crippen molar-refractivity contribution in [1.82, 2.24) is 14.8 Å². The lowest BCUT2D eigenvalue weighted by atomic mass is 9.98. The summed E-state index contributed by atoms with van der Waals surface area (Å²) in [6.07, 6.45) is -1.59. The number of nitrogens with zero attached hydrogens (tertiary/aromatic N) is 4. The predicted octanol–water partition coefficient (Wildman–Crippen LogP) is 5.76. The summed E-state index contributed by atoms with van der Waals surface area (Å²) in [6, 6.07) is 10.7. The number of urea groups is 1. The number of ether oxygens (including phenoxy) is 1. The normalized spacial score (nSPS) is 18.4. The van der Waals surface area contributed by atoms with Crippen LogP contribution in [0.1, 0.15) is 35.9 Å². The van der Waals surface area contributed by atoms with Crippen molar-refractivity contribution in [2.24, 2.45) is 0 Å². The molecule has 37 heavy (non-hydrogen) atoms. The zero-order chi connectivity index (χ0) is 26.2. The first kappa shape index (κ1) is 25.0. The van der Waals surface area contributed by atoms with Crippen LogP contribution in [0, 0.1) is 6.92 Å². The Hall–Kier alpha value is -3.69. The van der Waals surface area contributed by atoms with Gasteiger partial charge >= 0.3 is 12.2 Å². The molecule has 2 aliphatic heterocycles. The molecule has 0 spiro atoms. The molecular formula is C27H29F3N4O3. The van der Waals surface area contributed by atoms with E-state index < -0.39 is 17.8 Å². The van der Waals surface area contributed by atoms with E-state index in [9.17, 15) is 18.0 Å². The number of alkyl halides is 3. The Labute approximate surface area is 213 Å². The molecule has 196 valence electrons. The minimum Gasteiger partial charge on any atom is -0.496 e. The van der Waals surface area contributed by atoms with Gasteiger partial charge in [0.2, 0.25) is 0 Å². The third-order valence-corrected chi connectivity index (χ3v) is 7.11. The Balaban J connectivity index is 1.27. The molecule has 10 heteroatoms. The van der Waals surface area contributed by atoms with Crippen molar-refractivity contribution in [3.8, 4) is 17.1 Å². The minimum absolute atomic E-state index is 0.175. The lowest BCUT2D eigenvalue weighted by Crippen LogP contribution is -2.52. The first-order chi connectivity index (χ1) is 17.8. The summed E-state index contributed by atoms with van der Waals surface area (Å²) in [5, 5.41) is 0. The Morgan fingerprint density at radius 1 is 1.08 bits per heavy atom. The molecule has 1 unspecified atom stereocenters. The molecule has 0 saturated carbocycles. The number of hydrogen-bond acceptors (Lipinski definition) is 5. The Kier molecular flexibility index (Phi) is 6.74. The van der Waals surface area contributed by atoms with E-state index in [4.69, 9.17) is 9.15 Å². The van der Waals surface area contributed by atoms with Crippen LogP contribution in [-0.4, -0.2) is 60.6 Å². The van der Waals surface area contributed by atoms with Crippen LogP contribution < -0.4 is 9.64 Å². The molecule has 0 aliphatic carbocycles. The number of likely N-dealkylation sites (tertiary alicyclic amines) is 1. The smallest absolute Gasteiger partial charge is 0.416 e. The maximum Gasteiger partial charge on any atom is 0.416 e. The number of rotatable bonds is 4. The number of carbonyl (C=O) groups is 1. The molecule has 3 aromatic rings. The van der Waals surface area contributed by atoms with Crippen LogP contribution in [0.2, 0.25) is 0 Å². The number of carbonyl (C=O) groups excluding carboxylic acids is 1. The molecule has 0 radical (unpaired) electrons. The van der Waals surface area contributed by atoms with Gasteiger partial charge in [-0.2, -0.15) is 13.2 Å². The minimum atomic E-state index is -4.46. The SMILES string of the molecule is COc1cc(N2CCN(C(=O)N3CCCC3c3ccccc3C(F)(F)F)CC2)ccc1-c1cnc(C)o1. The third-order valence-electron chi connectivity index (χ3n) is 7.11. The van der Waals surface area contributed by atoms with Crippen LogP contribution in [0.3, 0.4) is 0 Å². The largest absolute Gasteiger partial charge is 0.496 e. The Morgan fingerprint density at radius 3 is 2.51 bits per heavy atom. The van der Waals surface area contributed by atoms with E-state index in [2.05, 4.69) is 9.88 Å². The van der Waals surface area contributed by atoms with Crippen LogP contribution >= 0.6 is 0 Å². The van der Waals surface area contributed by atoms with Gasteiger partial charge in [0.05, 0.1) is 30.5 Å². The van der Waals surface area contributed by atoms with Gasteiger partial charge in [-0.25, -0.2) is 9.78 Å². The summed E-state index contributed by atoms with van der Waals surface area (Å²) in [4.78, 5) is 23.1. The topological polar surface area (TPSA) is 62.1 Å². The molecule has 1 aromatic heterocycles. The number of piperazine rings is 1. The number of aryl methyl sites for hydroxylation is 1. The second-order valence-corrected chi connectivity index (χ2v) is 9.32. The van der Waals surface area contributed by atoms with Crippen molar-refractivity contribution < 1.29 is 27.1 Å². The second kappa shape index (κ2) is 9.99. The monoisotopic (exact) mass is 514 g/mol. The lowest BCUT2D eigenvalue weighted by Gasteiger charge is -2.39. The van der Waals surface area contributed by atoms with Crippen molar-refractivity contribution in [2.75, 3.05) is 44.7 Å². The van der Waals surface area contributed by atoms with Gasteiger partial charge in [0, 0.05) is 51.4 Å². The highest BCUT2D eigenvalue weighted by Crippen LogP contribution is 2.41. The number of oxazole rings is 1. The highest BCUT2D eigenvalue weighted by Gasteiger charge is 2.40. The van der Waals surface area contributed by atoms with Crippen molar-refractivity contribution >= 4 is 11.7 Å². The average molecular weight is 515 g/mol. The van der Waals surface area contributed by atoms with Crippen molar-refractivity contribution in [2.45, 2.75) is 32.0 Å².